The Balaban J connectivity index is 1.57. The summed E-state index contributed by atoms with van der Waals surface area (Å²) in [5.74, 6) is 0.721. The second kappa shape index (κ2) is 5.27. The molecule has 4 rings (SSSR count). The van der Waals surface area contributed by atoms with E-state index in [-0.39, 0.29) is 12.0 Å². The summed E-state index contributed by atoms with van der Waals surface area (Å²) in [5.41, 5.74) is 1.65. The molecule has 0 spiro atoms. The number of allylic oxidation sites excluding steroid dienone is 1. The highest BCUT2D eigenvalue weighted by Gasteiger charge is 2.42. The van der Waals surface area contributed by atoms with E-state index in [2.05, 4.69) is 27.5 Å². The van der Waals surface area contributed by atoms with Gasteiger partial charge in [0.15, 0.2) is 0 Å². The van der Waals surface area contributed by atoms with Crippen LogP contribution in [0.4, 0.5) is 5.95 Å². The van der Waals surface area contributed by atoms with E-state index in [9.17, 15) is 4.79 Å². The minimum Gasteiger partial charge on any atom is -0.373 e. The monoisotopic (exact) mass is 319 g/mol. The number of fused-ring (bicyclic) bond motifs is 2. The zero-order chi connectivity index (χ0) is 16.1. The van der Waals surface area contributed by atoms with Crippen LogP contribution >= 0.6 is 0 Å². The van der Waals surface area contributed by atoms with Gasteiger partial charge in [0.1, 0.15) is 0 Å². The third-order valence-corrected chi connectivity index (χ3v) is 5.19. The first-order chi connectivity index (χ1) is 11.1. The highest BCUT2D eigenvalue weighted by atomic mass is 16.5. The van der Waals surface area contributed by atoms with Crippen LogP contribution in [0.15, 0.2) is 11.3 Å². The predicted octanol–water partition coefficient (Wildman–Crippen LogP) is -1.06. The molecule has 2 saturated heterocycles. The summed E-state index contributed by atoms with van der Waals surface area (Å²) >= 11 is 0. The van der Waals surface area contributed by atoms with E-state index in [4.69, 9.17) is 4.74 Å². The van der Waals surface area contributed by atoms with Gasteiger partial charge in [-0.1, -0.05) is 5.10 Å². The second-order valence-corrected chi connectivity index (χ2v) is 6.43. The van der Waals surface area contributed by atoms with Gasteiger partial charge in [0.25, 0.3) is 5.91 Å². The number of morpholine rings is 1. The summed E-state index contributed by atoms with van der Waals surface area (Å²) in [4.78, 5) is 19.1. The third kappa shape index (κ3) is 2.22. The first-order valence-corrected chi connectivity index (χ1v) is 7.87. The predicted molar refractivity (Wildman–Crippen MR) is 81.7 cm³/mol. The largest absolute Gasteiger partial charge is 0.373 e. The van der Waals surface area contributed by atoms with Gasteiger partial charge in [-0.05, 0) is 24.4 Å². The molecule has 2 fully saturated rings. The van der Waals surface area contributed by atoms with Gasteiger partial charge < -0.3 is 14.5 Å². The molecule has 0 aliphatic carbocycles. The van der Waals surface area contributed by atoms with Crippen LogP contribution in [0.5, 0.6) is 0 Å². The second-order valence-electron chi connectivity index (χ2n) is 6.43. The Kier molecular flexibility index (Phi) is 3.34. The molecule has 23 heavy (non-hydrogen) atoms. The highest BCUT2D eigenvalue weighted by Crippen LogP contribution is 2.28. The van der Waals surface area contributed by atoms with E-state index in [0.29, 0.717) is 31.6 Å². The number of ether oxygens (including phenoxy) is 1. The molecule has 1 amide bonds. The number of likely N-dealkylation sites (N-methyl/N-ethyl adjacent to an activating group) is 1. The molecule has 0 unspecified atom stereocenters. The number of hydrogen-bond acceptors (Lipinski definition) is 7. The normalized spacial score (nSPS) is 28.1. The number of nitrogens with zero attached hydrogens (tertiary/aromatic N) is 7. The van der Waals surface area contributed by atoms with Crippen molar-refractivity contribution >= 4 is 11.9 Å². The minimum atomic E-state index is 0.0573. The minimum absolute atomic E-state index is 0.0573. The zero-order valence-corrected chi connectivity index (χ0v) is 13.6. The molecule has 3 aliphatic heterocycles. The lowest BCUT2D eigenvalue weighted by molar-refractivity contribution is -0.127. The Labute approximate surface area is 134 Å². The molecule has 0 N–H and O–H groups in total. The van der Waals surface area contributed by atoms with Gasteiger partial charge in [0, 0.05) is 32.4 Å². The lowest BCUT2D eigenvalue weighted by Crippen LogP contribution is -2.48. The van der Waals surface area contributed by atoms with Crippen LogP contribution in [-0.2, 0) is 16.1 Å². The maximum atomic E-state index is 13.0. The van der Waals surface area contributed by atoms with Gasteiger partial charge in [0.05, 0.1) is 30.9 Å². The summed E-state index contributed by atoms with van der Waals surface area (Å²) in [5, 5.41) is 11.6. The first kappa shape index (κ1) is 14.6. The van der Waals surface area contributed by atoms with E-state index in [0.717, 1.165) is 24.4 Å². The number of anilines is 1. The maximum Gasteiger partial charge on any atom is 0.253 e. The number of rotatable bonds is 1. The van der Waals surface area contributed by atoms with Crippen molar-refractivity contribution in [2.75, 3.05) is 45.2 Å². The quantitative estimate of drug-likeness (QED) is 0.652. The Morgan fingerprint density at radius 3 is 2.91 bits per heavy atom. The number of carbonyl (C=O) groups is 1. The molecule has 0 aromatic carbocycles. The van der Waals surface area contributed by atoms with Crippen LogP contribution < -0.4 is 4.90 Å². The number of carbonyl (C=O) groups excluding carboxylic acids is 1. The maximum absolute atomic E-state index is 13.0. The van der Waals surface area contributed by atoms with Crippen molar-refractivity contribution < 1.29 is 9.53 Å². The molecule has 3 aliphatic rings. The Hall–Kier alpha value is -2.00. The molecule has 0 bridgehead atoms. The van der Waals surface area contributed by atoms with Gasteiger partial charge in [-0.3, -0.25) is 9.69 Å². The van der Waals surface area contributed by atoms with Crippen molar-refractivity contribution in [3.8, 4) is 0 Å². The molecule has 1 aromatic heterocycles. The molecule has 9 heteroatoms. The zero-order valence-electron chi connectivity index (χ0n) is 13.6. The van der Waals surface area contributed by atoms with E-state index in [1.165, 1.54) is 0 Å². The standard InChI is InChI=1S/C14H21N7O2/c1-9-10(6-21-14(19(9)3)15-16-17-21)13(22)20-7-11-12(8-20)23-5-4-18(11)2/h11-12H,4-8H2,1-3H3/t11-,12+/m0/s1. The van der Waals surface area contributed by atoms with Gasteiger partial charge in [-0.25, -0.2) is 4.68 Å². The Morgan fingerprint density at radius 1 is 1.30 bits per heavy atom. The van der Waals surface area contributed by atoms with E-state index in [1.807, 2.05) is 23.8 Å². The molecular formula is C14H21N7O2. The van der Waals surface area contributed by atoms with Crippen LogP contribution in [0.3, 0.4) is 0 Å². The van der Waals surface area contributed by atoms with E-state index in [1.54, 1.807) is 4.68 Å². The number of tetrazole rings is 1. The molecule has 0 radical (unpaired) electrons. The van der Waals surface area contributed by atoms with Crippen molar-refractivity contribution in [3.05, 3.63) is 11.3 Å². The van der Waals surface area contributed by atoms with Crippen molar-refractivity contribution in [3.63, 3.8) is 0 Å². The summed E-state index contributed by atoms with van der Waals surface area (Å²) < 4.78 is 7.49. The molecule has 9 nitrogen and oxygen atoms in total. The molecular weight excluding hydrogens is 298 g/mol. The van der Waals surface area contributed by atoms with Crippen LogP contribution in [-0.4, -0.2) is 88.4 Å². The van der Waals surface area contributed by atoms with Crippen molar-refractivity contribution in [2.24, 2.45) is 0 Å². The van der Waals surface area contributed by atoms with Crippen LogP contribution in [0.1, 0.15) is 6.92 Å². The molecule has 0 saturated carbocycles. The smallest absolute Gasteiger partial charge is 0.253 e. The molecule has 124 valence electrons. The Bertz CT molecular complexity index is 670. The number of likely N-dealkylation sites (tertiary alicyclic amines) is 1. The van der Waals surface area contributed by atoms with Crippen LogP contribution in [0.2, 0.25) is 0 Å². The number of hydrogen-bond donors (Lipinski definition) is 0. The first-order valence-electron chi connectivity index (χ1n) is 7.87. The van der Waals surface area contributed by atoms with Crippen LogP contribution in [0, 0.1) is 0 Å². The molecule has 1 aromatic rings. The average molecular weight is 319 g/mol. The van der Waals surface area contributed by atoms with E-state index < -0.39 is 0 Å². The number of aromatic nitrogens is 4. The number of amides is 1. The van der Waals surface area contributed by atoms with Crippen molar-refractivity contribution in [2.45, 2.75) is 25.6 Å². The lowest BCUT2D eigenvalue weighted by Gasteiger charge is -2.33. The molecule has 2 atom stereocenters. The molecule has 4 heterocycles. The van der Waals surface area contributed by atoms with Crippen molar-refractivity contribution in [1.29, 1.82) is 0 Å². The van der Waals surface area contributed by atoms with Crippen molar-refractivity contribution in [1.82, 2.24) is 30.0 Å². The summed E-state index contributed by atoms with van der Waals surface area (Å²) in [6.07, 6.45) is 0.114. The fourth-order valence-electron chi connectivity index (χ4n) is 3.60. The average Bonchev–Trinajstić information content (AvgIpc) is 3.17. The topological polar surface area (TPSA) is 79.6 Å². The fourth-order valence-corrected chi connectivity index (χ4v) is 3.60. The lowest BCUT2D eigenvalue weighted by atomic mass is 10.1. The van der Waals surface area contributed by atoms with Crippen LogP contribution in [0.25, 0.3) is 0 Å². The van der Waals surface area contributed by atoms with Gasteiger partial charge in [-0.2, -0.15) is 0 Å². The summed E-state index contributed by atoms with van der Waals surface area (Å²) in [6, 6.07) is 0.290. The van der Waals surface area contributed by atoms with Gasteiger partial charge in [-0.15, -0.1) is 0 Å². The summed E-state index contributed by atoms with van der Waals surface area (Å²) in [6.45, 7) is 5.37. The highest BCUT2D eigenvalue weighted by molar-refractivity contribution is 5.95. The van der Waals surface area contributed by atoms with Gasteiger partial charge >= 0.3 is 0 Å². The third-order valence-electron chi connectivity index (χ3n) is 5.19. The fraction of sp³-hybridized carbons (Fsp3) is 0.714. The van der Waals surface area contributed by atoms with Gasteiger partial charge in [0.2, 0.25) is 5.95 Å². The Morgan fingerprint density at radius 2 is 2.13 bits per heavy atom. The van der Waals surface area contributed by atoms with E-state index >= 15 is 0 Å². The summed E-state index contributed by atoms with van der Waals surface area (Å²) in [7, 11) is 3.98. The SMILES string of the molecule is CC1=C(C(=O)N2C[C@H]3OCCN(C)[C@H]3C2)Cn2nnnc2N1C.